The Hall–Kier alpha value is -9.49. The van der Waals surface area contributed by atoms with Crippen LogP contribution in [0.4, 0.5) is 0 Å². The van der Waals surface area contributed by atoms with Crippen molar-refractivity contribution in [1.82, 2.24) is 19.5 Å². The molecule has 0 N–H and O–H groups in total. The zero-order chi connectivity index (χ0) is 54.1. The minimum atomic E-state index is -0.470. The van der Waals surface area contributed by atoms with Gasteiger partial charge in [0.1, 0.15) is 11.2 Å². The van der Waals surface area contributed by atoms with E-state index < -0.39 is 12.1 Å². The van der Waals surface area contributed by atoms with E-state index in [2.05, 4.69) is 115 Å². The molecular formula is C67H40N4OS. The molecule has 5 nitrogen and oxygen atoms in total. The molecule has 0 aliphatic heterocycles. The molecule has 4 heterocycles. The first-order valence-corrected chi connectivity index (χ1v) is 24.8. The van der Waals surface area contributed by atoms with Gasteiger partial charge in [-0.1, -0.05) is 182 Å². The molecule has 0 radical (unpaired) electrons. The van der Waals surface area contributed by atoms with E-state index in [1.165, 1.54) is 6.07 Å². The van der Waals surface area contributed by atoms with Crippen molar-refractivity contribution in [2.75, 3.05) is 0 Å². The van der Waals surface area contributed by atoms with Crippen molar-refractivity contribution < 1.29 is 14.0 Å². The second-order valence-corrected chi connectivity index (χ2v) is 19.2. The minimum absolute atomic E-state index is 0.0585. The van der Waals surface area contributed by atoms with Gasteiger partial charge in [0.2, 0.25) is 0 Å². The summed E-state index contributed by atoms with van der Waals surface area (Å²) in [6.07, 6.45) is 0. The zero-order valence-corrected chi connectivity index (χ0v) is 39.5. The quantitative estimate of drug-likeness (QED) is 0.160. The molecule has 15 rings (SSSR count). The van der Waals surface area contributed by atoms with Gasteiger partial charge in [-0.25, -0.2) is 15.0 Å². The average Bonchev–Trinajstić information content (AvgIpc) is 4.37. The van der Waals surface area contributed by atoms with Crippen molar-refractivity contribution in [3.05, 3.63) is 242 Å². The van der Waals surface area contributed by atoms with Gasteiger partial charge < -0.3 is 8.98 Å². The lowest BCUT2D eigenvalue weighted by Gasteiger charge is -2.15. The van der Waals surface area contributed by atoms with Crippen LogP contribution in [-0.2, 0) is 0 Å². The highest BCUT2D eigenvalue weighted by atomic mass is 32.1. The number of para-hydroxylation sites is 5. The lowest BCUT2D eigenvalue weighted by molar-refractivity contribution is 0.670. The molecule has 73 heavy (non-hydrogen) atoms. The molecule has 340 valence electrons. The van der Waals surface area contributed by atoms with Crippen LogP contribution in [0.25, 0.3) is 148 Å². The molecule has 0 amide bonds. The van der Waals surface area contributed by atoms with Crippen LogP contribution < -0.4 is 0 Å². The first kappa shape index (κ1) is 34.7. The van der Waals surface area contributed by atoms with Gasteiger partial charge in [0.05, 0.1) is 26.3 Å². The maximum Gasteiger partial charge on any atom is 0.166 e. The SMILES string of the molecule is [2H]c1cc([2H])c2c(c1[2H])c1c([2H])c([2H])c([2H])c([2H])c1n2-c1ccccc1-c1nc(-c2cccc(-c3cccc4c3sc3ccc(-c5cccc6c5oc5ccccc56)cc34)c2)nc(-c2ccc3cc(-c4ccccc4)ccc3c2)n1. The Balaban J connectivity index is 0.908. The molecule has 0 saturated heterocycles. The van der Waals surface area contributed by atoms with Crippen LogP contribution in [0.2, 0.25) is 0 Å². The topological polar surface area (TPSA) is 56.7 Å². The maximum atomic E-state index is 9.28. The molecule has 6 heteroatoms. The number of benzene rings is 11. The average molecular weight is 956 g/mol. The summed E-state index contributed by atoms with van der Waals surface area (Å²) in [5.41, 5.74) is 10.7. The molecule has 0 unspecified atom stereocenters. The third-order valence-electron chi connectivity index (χ3n) is 14.0. The van der Waals surface area contributed by atoms with E-state index in [4.69, 9.17) is 26.2 Å². The summed E-state index contributed by atoms with van der Waals surface area (Å²) in [5.74, 6) is 1.07. The number of hydrogen-bond donors (Lipinski definition) is 0. The maximum absolute atomic E-state index is 9.28. The van der Waals surface area contributed by atoms with Crippen LogP contribution in [-0.4, -0.2) is 19.5 Å². The fraction of sp³-hybridized carbons (Fsp3) is 0. The predicted octanol–water partition coefficient (Wildman–Crippen LogP) is 18.4. The minimum Gasteiger partial charge on any atom is -0.455 e. The van der Waals surface area contributed by atoms with Crippen molar-refractivity contribution >= 4 is 86.0 Å². The molecule has 0 aliphatic rings. The zero-order valence-electron chi connectivity index (χ0n) is 45.7. The Morgan fingerprint density at radius 3 is 1.89 bits per heavy atom. The summed E-state index contributed by atoms with van der Waals surface area (Å²) in [6, 6.07) is 65.0. The summed E-state index contributed by atoms with van der Waals surface area (Å²) in [4.78, 5) is 15.7. The molecule has 15 aromatic rings. The van der Waals surface area contributed by atoms with Crippen molar-refractivity contribution in [2.45, 2.75) is 0 Å². The summed E-state index contributed by atoms with van der Waals surface area (Å²) < 4.78 is 73.1. The summed E-state index contributed by atoms with van der Waals surface area (Å²) >= 11 is 1.75. The van der Waals surface area contributed by atoms with Crippen molar-refractivity contribution in [2.24, 2.45) is 0 Å². The predicted molar refractivity (Wildman–Crippen MR) is 304 cm³/mol. The van der Waals surface area contributed by atoms with Gasteiger partial charge in [-0.2, -0.15) is 0 Å². The molecular weight excluding hydrogens is 909 g/mol. The van der Waals surface area contributed by atoms with Gasteiger partial charge in [0.15, 0.2) is 17.5 Å². The summed E-state index contributed by atoms with van der Waals surface area (Å²) in [6.45, 7) is 0. The van der Waals surface area contributed by atoms with Crippen molar-refractivity contribution in [1.29, 1.82) is 0 Å². The second kappa shape index (κ2) is 16.6. The Labute approximate surface area is 433 Å². The highest BCUT2D eigenvalue weighted by molar-refractivity contribution is 7.26. The molecule has 0 saturated carbocycles. The molecule has 0 spiro atoms. The van der Waals surface area contributed by atoms with E-state index in [9.17, 15) is 2.74 Å². The van der Waals surface area contributed by atoms with Crippen molar-refractivity contribution in [3.63, 3.8) is 0 Å². The molecule has 0 aliphatic carbocycles. The molecule has 0 bridgehead atoms. The number of nitrogens with zero attached hydrogens (tertiary/aromatic N) is 4. The highest BCUT2D eigenvalue weighted by Crippen LogP contribution is 2.44. The Bertz CT molecular complexity index is 5130. The van der Waals surface area contributed by atoms with Gasteiger partial charge >= 0.3 is 0 Å². The summed E-state index contributed by atoms with van der Waals surface area (Å²) in [7, 11) is 0. The largest absolute Gasteiger partial charge is 0.455 e. The van der Waals surface area contributed by atoms with E-state index in [-0.39, 0.29) is 57.8 Å². The highest BCUT2D eigenvalue weighted by Gasteiger charge is 2.21. The summed E-state index contributed by atoms with van der Waals surface area (Å²) in [5, 5.41) is 6.66. The van der Waals surface area contributed by atoms with Crippen molar-refractivity contribution in [3.8, 4) is 73.2 Å². The number of aromatic nitrogens is 4. The Morgan fingerprint density at radius 2 is 1.00 bits per heavy atom. The second-order valence-electron chi connectivity index (χ2n) is 18.2. The number of rotatable bonds is 7. The van der Waals surface area contributed by atoms with Gasteiger partial charge in [0, 0.05) is 64.0 Å². The van der Waals surface area contributed by atoms with Crippen LogP contribution in [0, 0.1) is 0 Å². The molecule has 0 atom stereocenters. The van der Waals surface area contributed by atoms with E-state index in [0.29, 0.717) is 22.9 Å². The first-order chi connectivity index (χ1) is 39.1. The van der Waals surface area contributed by atoms with Crippen LogP contribution in [0.1, 0.15) is 9.60 Å². The Kier molecular flexibility index (Phi) is 7.88. The van der Waals surface area contributed by atoms with E-state index in [0.717, 1.165) is 97.4 Å². The molecule has 0 fully saturated rings. The molecule has 11 aromatic carbocycles. The van der Waals surface area contributed by atoms with Gasteiger partial charge in [-0.15, -0.1) is 11.3 Å². The normalized spacial score (nSPS) is 13.2. The number of fused-ring (bicyclic) bond motifs is 10. The third kappa shape index (κ3) is 6.80. The fourth-order valence-electron chi connectivity index (χ4n) is 10.5. The smallest absolute Gasteiger partial charge is 0.166 e. The fourth-order valence-corrected chi connectivity index (χ4v) is 11.7. The monoisotopic (exact) mass is 955 g/mol. The van der Waals surface area contributed by atoms with Crippen LogP contribution in [0.5, 0.6) is 0 Å². The Morgan fingerprint density at radius 1 is 0.384 bits per heavy atom. The van der Waals surface area contributed by atoms with Gasteiger partial charge in [-0.05, 0) is 99.2 Å². The lowest BCUT2D eigenvalue weighted by atomic mass is 9.98. The third-order valence-corrected chi connectivity index (χ3v) is 15.2. The van der Waals surface area contributed by atoms with Crippen LogP contribution in [0.15, 0.2) is 247 Å². The first-order valence-electron chi connectivity index (χ1n) is 27.5. The van der Waals surface area contributed by atoms with E-state index >= 15 is 0 Å². The number of hydrogen-bond acceptors (Lipinski definition) is 5. The van der Waals surface area contributed by atoms with Crippen LogP contribution in [0.3, 0.4) is 0 Å². The van der Waals surface area contributed by atoms with Crippen LogP contribution >= 0.6 is 11.3 Å². The lowest BCUT2D eigenvalue weighted by Crippen LogP contribution is -2.03. The van der Waals surface area contributed by atoms with E-state index in [1.807, 2.05) is 72.8 Å². The van der Waals surface area contributed by atoms with Gasteiger partial charge in [-0.3, -0.25) is 0 Å². The number of furan rings is 1. The number of thiophene rings is 1. The van der Waals surface area contributed by atoms with E-state index in [1.54, 1.807) is 22.0 Å². The molecule has 4 aromatic heterocycles. The van der Waals surface area contributed by atoms with Gasteiger partial charge in [0.25, 0.3) is 0 Å². The standard InChI is InChI=1S/C67H40N4OS/c1-2-15-41(16-3-1)42-31-32-44-38-48(34-33-43(44)37-42)66-68-65(69-67(70-66)56-22-6-10-29-60(56)71-58-27-8-4-19-51(58)52-20-5-9-28-59(52)71)47-18-12-17-45(39-47)50-24-14-26-55-57-40-46(35-36-62(57)73-64(50)55)49-23-13-25-54-53-21-7-11-30-61(53)72-63(49)54/h1-40H/i4D,5D,8D,19D,20D,27D,28D.